The van der Waals surface area contributed by atoms with E-state index in [1.165, 1.54) is 37.3 Å². The molecule has 6 aromatic rings. The summed E-state index contributed by atoms with van der Waals surface area (Å²) in [6.45, 7) is 0. The van der Waals surface area contributed by atoms with Crippen LogP contribution in [0.3, 0.4) is 0 Å². The number of hydrogen-bond donors (Lipinski definition) is 0. The Bertz CT molecular complexity index is 1630. The van der Waals surface area contributed by atoms with Crippen LogP contribution in [-0.2, 0) is 0 Å². The molecule has 0 radical (unpaired) electrons. The predicted octanol–water partition coefficient (Wildman–Crippen LogP) is 7.03. The second-order valence-electron chi connectivity index (χ2n) is 9.03. The van der Waals surface area contributed by atoms with Crippen LogP contribution in [0.5, 0.6) is 11.5 Å². The molecule has 0 bridgehead atoms. The molecule has 0 saturated heterocycles. The van der Waals surface area contributed by atoms with Gasteiger partial charge in [-0.3, -0.25) is 0 Å². The van der Waals surface area contributed by atoms with Gasteiger partial charge in [-0.25, -0.2) is 0 Å². The molecule has 0 heterocycles. The Balaban J connectivity index is 1.61. The van der Waals surface area contributed by atoms with Gasteiger partial charge in [-0.05, 0) is 36.1 Å². The van der Waals surface area contributed by atoms with Crippen LogP contribution in [0.4, 0.5) is 0 Å². The van der Waals surface area contributed by atoms with Crippen molar-refractivity contribution in [1.82, 2.24) is 0 Å². The maximum absolute atomic E-state index is 7.16. The summed E-state index contributed by atoms with van der Waals surface area (Å²) in [5.74, 6) is 1.80. The van der Waals surface area contributed by atoms with Crippen molar-refractivity contribution in [3.63, 3.8) is 0 Å². The SMILES string of the molecule is COc1ccccc1P(c1ccccc1)c1c(OP(c2ccccc2)c2ccccc2)ccc2ccccc12. The number of ether oxygens (including phenoxy) is 1. The van der Waals surface area contributed by atoms with Crippen LogP contribution < -0.4 is 35.8 Å². The third-order valence-electron chi connectivity index (χ3n) is 6.60. The Kier molecular flexibility index (Phi) is 7.68. The average Bonchev–Trinajstić information content (AvgIpc) is 3.02. The molecule has 2 nitrogen and oxygen atoms in total. The van der Waals surface area contributed by atoms with E-state index in [-0.39, 0.29) is 0 Å². The maximum atomic E-state index is 7.16. The van der Waals surface area contributed by atoms with Gasteiger partial charge in [0.15, 0.2) is 8.15 Å². The molecule has 0 saturated carbocycles. The highest BCUT2D eigenvalue weighted by Gasteiger charge is 2.28. The quantitative estimate of drug-likeness (QED) is 0.192. The van der Waals surface area contributed by atoms with Crippen LogP contribution in [0.15, 0.2) is 152 Å². The second-order valence-corrected chi connectivity index (χ2v) is 13.0. The lowest BCUT2D eigenvalue weighted by Gasteiger charge is -2.27. The zero-order chi connectivity index (χ0) is 26.4. The average molecular weight is 543 g/mol. The van der Waals surface area contributed by atoms with Crippen molar-refractivity contribution in [2.24, 2.45) is 0 Å². The number of para-hydroxylation sites is 1. The Labute approximate surface area is 232 Å². The molecule has 1 unspecified atom stereocenters. The molecule has 0 N–H and O–H groups in total. The Morgan fingerprint density at radius 2 is 1.00 bits per heavy atom. The first-order valence-electron chi connectivity index (χ1n) is 12.9. The summed E-state index contributed by atoms with van der Waals surface area (Å²) in [5, 5.41) is 8.39. The number of fused-ring (bicyclic) bond motifs is 1. The van der Waals surface area contributed by atoms with Crippen LogP contribution in [0, 0.1) is 0 Å². The lowest BCUT2D eigenvalue weighted by molar-refractivity contribution is 0.418. The van der Waals surface area contributed by atoms with Crippen molar-refractivity contribution in [3.05, 3.63) is 152 Å². The minimum absolute atomic E-state index is 0.889. The third-order valence-corrected chi connectivity index (χ3v) is 11.1. The lowest BCUT2D eigenvalue weighted by Crippen LogP contribution is -2.25. The third kappa shape index (κ3) is 5.32. The molecule has 0 aromatic heterocycles. The van der Waals surface area contributed by atoms with Gasteiger partial charge in [0.2, 0.25) is 0 Å². The van der Waals surface area contributed by atoms with Crippen LogP contribution in [0.25, 0.3) is 10.8 Å². The summed E-state index contributed by atoms with van der Waals surface area (Å²) >= 11 is 0. The standard InChI is InChI=1S/C35H28O2P2/c1-36-32-23-13-14-24-34(32)38(28-16-5-2-6-17-28)35-31-22-12-11-15-27(31)25-26-33(35)37-39(29-18-7-3-8-19-29)30-20-9-4-10-21-30/h2-26H,1H3. The van der Waals surface area contributed by atoms with Crippen LogP contribution >= 0.6 is 16.1 Å². The molecule has 0 aliphatic heterocycles. The van der Waals surface area contributed by atoms with Crippen molar-refractivity contribution >= 4 is 53.4 Å². The lowest BCUT2D eigenvalue weighted by atomic mass is 10.1. The van der Waals surface area contributed by atoms with Crippen LogP contribution in [0.1, 0.15) is 0 Å². The van der Waals surface area contributed by atoms with Crippen molar-refractivity contribution < 1.29 is 9.26 Å². The highest BCUT2D eigenvalue weighted by atomic mass is 31.1. The molecule has 0 amide bonds. The molecule has 0 aliphatic rings. The van der Waals surface area contributed by atoms with E-state index in [0.717, 1.165) is 11.5 Å². The van der Waals surface area contributed by atoms with Gasteiger partial charge in [0.25, 0.3) is 0 Å². The summed E-state index contributed by atoms with van der Waals surface area (Å²) in [6, 6.07) is 53.2. The molecule has 6 aromatic carbocycles. The van der Waals surface area contributed by atoms with E-state index in [2.05, 4.69) is 146 Å². The number of hydrogen-bond acceptors (Lipinski definition) is 2. The highest BCUT2D eigenvalue weighted by Crippen LogP contribution is 2.45. The molecule has 0 aliphatic carbocycles. The Morgan fingerprint density at radius 3 is 1.64 bits per heavy atom. The van der Waals surface area contributed by atoms with Crippen LogP contribution in [-0.4, -0.2) is 7.11 Å². The highest BCUT2D eigenvalue weighted by molar-refractivity contribution is 7.80. The zero-order valence-corrected chi connectivity index (χ0v) is 23.4. The number of methoxy groups -OCH3 is 1. The van der Waals surface area contributed by atoms with Gasteiger partial charge < -0.3 is 9.26 Å². The van der Waals surface area contributed by atoms with E-state index in [9.17, 15) is 0 Å². The molecule has 6 rings (SSSR count). The number of rotatable bonds is 8. The van der Waals surface area contributed by atoms with Crippen molar-refractivity contribution in [3.8, 4) is 11.5 Å². The monoisotopic (exact) mass is 542 g/mol. The smallest absolute Gasteiger partial charge is 0.150 e. The fourth-order valence-corrected chi connectivity index (χ4v) is 9.27. The predicted molar refractivity (Wildman–Crippen MR) is 169 cm³/mol. The first kappa shape index (κ1) is 25.3. The molecule has 39 heavy (non-hydrogen) atoms. The summed E-state index contributed by atoms with van der Waals surface area (Å²) in [5.41, 5.74) is 0. The van der Waals surface area contributed by atoms with E-state index >= 15 is 0 Å². The molecular weight excluding hydrogens is 514 g/mol. The van der Waals surface area contributed by atoms with Gasteiger partial charge >= 0.3 is 0 Å². The summed E-state index contributed by atoms with van der Waals surface area (Å²) in [4.78, 5) is 0. The largest absolute Gasteiger partial charge is 0.496 e. The minimum Gasteiger partial charge on any atom is -0.496 e. The fraction of sp³-hybridized carbons (Fsp3) is 0.0286. The molecule has 0 fully saturated rings. The fourth-order valence-electron chi connectivity index (χ4n) is 4.80. The van der Waals surface area contributed by atoms with E-state index in [1.54, 1.807) is 7.11 Å². The first-order valence-corrected chi connectivity index (χ1v) is 15.5. The van der Waals surface area contributed by atoms with Gasteiger partial charge in [-0.1, -0.05) is 140 Å². The van der Waals surface area contributed by atoms with Crippen molar-refractivity contribution in [2.75, 3.05) is 7.11 Å². The Morgan fingerprint density at radius 1 is 0.462 bits per heavy atom. The first-order chi connectivity index (χ1) is 19.3. The van der Waals surface area contributed by atoms with Gasteiger partial charge in [0.05, 0.1) is 7.11 Å². The van der Waals surface area contributed by atoms with Crippen LogP contribution in [0.2, 0.25) is 0 Å². The second kappa shape index (κ2) is 11.8. The topological polar surface area (TPSA) is 18.5 Å². The van der Waals surface area contributed by atoms with E-state index < -0.39 is 16.1 Å². The number of benzene rings is 6. The molecular formula is C35H28O2P2. The molecule has 0 spiro atoms. The maximum Gasteiger partial charge on any atom is 0.150 e. The van der Waals surface area contributed by atoms with Gasteiger partial charge in [-0.2, -0.15) is 0 Å². The normalized spacial score (nSPS) is 11.8. The van der Waals surface area contributed by atoms with E-state index in [1.807, 2.05) is 6.07 Å². The summed E-state index contributed by atoms with van der Waals surface area (Å²) in [7, 11) is -0.343. The molecule has 4 heteroatoms. The molecule has 190 valence electrons. The Hall–Kier alpha value is -3.96. The zero-order valence-electron chi connectivity index (χ0n) is 21.6. The van der Waals surface area contributed by atoms with Crippen molar-refractivity contribution in [2.45, 2.75) is 0 Å². The molecule has 1 atom stereocenters. The minimum atomic E-state index is -1.09. The van der Waals surface area contributed by atoms with Gasteiger partial charge in [-0.15, -0.1) is 0 Å². The van der Waals surface area contributed by atoms with Crippen molar-refractivity contribution in [1.29, 1.82) is 0 Å². The van der Waals surface area contributed by atoms with Gasteiger partial charge in [0.1, 0.15) is 11.5 Å². The van der Waals surface area contributed by atoms with Gasteiger partial charge in [0, 0.05) is 21.2 Å². The summed E-state index contributed by atoms with van der Waals surface area (Å²) < 4.78 is 13.1. The van der Waals surface area contributed by atoms with E-state index in [4.69, 9.17) is 9.26 Å². The van der Waals surface area contributed by atoms with E-state index in [0.29, 0.717) is 0 Å². The summed E-state index contributed by atoms with van der Waals surface area (Å²) in [6.07, 6.45) is 0.